The molecule has 1 aliphatic carbocycles. The highest BCUT2D eigenvalue weighted by atomic mass is 19.4. The largest absolute Gasteiger partial charge is 0.416 e. The van der Waals surface area contributed by atoms with E-state index >= 15 is 0 Å². The molecular weight excluding hydrogens is 505 g/mol. The molecule has 206 valence electrons. The van der Waals surface area contributed by atoms with Crippen LogP contribution in [0.1, 0.15) is 74.3 Å². The Kier molecular flexibility index (Phi) is 6.64. The van der Waals surface area contributed by atoms with Crippen LogP contribution in [-0.2, 0) is 16.9 Å². The topological polar surface area (TPSA) is 61.4 Å². The van der Waals surface area contributed by atoms with Crippen molar-refractivity contribution in [3.63, 3.8) is 0 Å². The number of halogens is 5. The molecule has 0 saturated carbocycles. The van der Waals surface area contributed by atoms with Gasteiger partial charge in [-0.05, 0) is 50.3 Å². The summed E-state index contributed by atoms with van der Waals surface area (Å²) < 4.78 is 68.3. The number of anilines is 1. The Balaban J connectivity index is 1.35. The number of nitrogens with one attached hydrogen (secondary N) is 1. The van der Waals surface area contributed by atoms with Gasteiger partial charge in [0.1, 0.15) is 17.8 Å². The van der Waals surface area contributed by atoms with Crippen molar-refractivity contribution in [3.05, 3.63) is 53.0 Å². The number of hydrogen-bond acceptors (Lipinski definition) is 5. The minimum Gasteiger partial charge on any atom is -0.353 e. The van der Waals surface area contributed by atoms with E-state index in [2.05, 4.69) is 15.3 Å². The number of carbonyl (C=O) groups is 1. The number of hydrogen-bond donors (Lipinski definition) is 1. The lowest BCUT2D eigenvalue weighted by Gasteiger charge is -2.39. The van der Waals surface area contributed by atoms with Crippen LogP contribution in [0.15, 0.2) is 30.6 Å². The van der Waals surface area contributed by atoms with Crippen LogP contribution in [0.25, 0.3) is 0 Å². The number of nitrogens with zero attached hydrogens (tertiary/aromatic N) is 4. The van der Waals surface area contributed by atoms with Crippen molar-refractivity contribution in [2.75, 3.05) is 31.1 Å². The molecule has 1 N–H and O–H groups in total. The maximum atomic E-state index is 14.4. The predicted molar refractivity (Wildman–Crippen MR) is 132 cm³/mol. The van der Waals surface area contributed by atoms with Gasteiger partial charge >= 0.3 is 6.18 Å². The van der Waals surface area contributed by atoms with Gasteiger partial charge in [0.15, 0.2) is 0 Å². The number of benzene rings is 1. The summed E-state index contributed by atoms with van der Waals surface area (Å²) in [6.45, 7) is 7.38. The third kappa shape index (κ3) is 4.97. The first-order valence-corrected chi connectivity index (χ1v) is 13.0. The van der Waals surface area contributed by atoms with Gasteiger partial charge in [-0.25, -0.2) is 9.97 Å². The second-order valence-corrected chi connectivity index (χ2v) is 11.4. The molecule has 0 bridgehead atoms. The predicted octanol–water partition coefficient (Wildman–Crippen LogP) is 5.06. The lowest BCUT2D eigenvalue weighted by molar-refractivity contribution is -0.137. The minimum atomic E-state index is -4.45. The monoisotopic (exact) mass is 537 g/mol. The number of carbonyl (C=O) groups excluding carboxylic acids is 1. The van der Waals surface area contributed by atoms with Crippen LogP contribution in [0, 0.1) is 0 Å². The molecule has 2 aliphatic heterocycles. The van der Waals surface area contributed by atoms with Crippen molar-refractivity contribution in [1.82, 2.24) is 20.2 Å². The molecule has 0 unspecified atom stereocenters. The molecule has 38 heavy (non-hydrogen) atoms. The second-order valence-electron chi connectivity index (χ2n) is 11.4. The molecule has 2 saturated heterocycles. The van der Waals surface area contributed by atoms with Gasteiger partial charge in [0.05, 0.1) is 11.5 Å². The highest BCUT2D eigenvalue weighted by Crippen LogP contribution is 2.49. The first kappa shape index (κ1) is 26.8. The smallest absolute Gasteiger partial charge is 0.353 e. The van der Waals surface area contributed by atoms with E-state index in [0.717, 1.165) is 25.0 Å². The minimum absolute atomic E-state index is 0.146. The lowest BCUT2D eigenvalue weighted by atomic mass is 9.88. The first-order valence-electron chi connectivity index (χ1n) is 13.0. The molecule has 2 aromatic rings. The molecule has 0 radical (unpaired) electrons. The number of amides is 1. The average Bonchev–Trinajstić information content (AvgIpc) is 3.33. The number of piperazine rings is 1. The van der Waals surface area contributed by atoms with Crippen molar-refractivity contribution >= 4 is 11.7 Å². The fourth-order valence-corrected chi connectivity index (χ4v) is 6.14. The van der Waals surface area contributed by atoms with E-state index in [0.29, 0.717) is 43.1 Å². The molecule has 5 rings (SSSR count). The van der Waals surface area contributed by atoms with Crippen molar-refractivity contribution in [1.29, 1.82) is 0 Å². The highest BCUT2D eigenvalue weighted by Gasteiger charge is 2.47. The standard InChI is InChI=1S/C27H32F5N5O/c1-16-14-26(28,29)22-20(16)23(34-15-33-22)36-10-12-37(13-11-36)24(38)21(19-8-9-25(2,3)35-19)17-4-6-18(7-5-17)27(30,31)32/h4-7,15-16,19,21,35H,8-14H2,1-3H3/t16-,19+,21-/m1/s1. The highest BCUT2D eigenvalue weighted by molar-refractivity contribution is 5.85. The maximum Gasteiger partial charge on any atom is 0.416 e. The van der Waals surface area contributed by atoms with Gasteiger partial charge in [-0.2, -0.15) is 22.0 Å². The Morgan fingerprint density at radius 3 is 2.32 bits per heavy atom. The summed E-state index contributed by atoms with van der Waals surface area (Å²) in [5, 5.41) is 3.50. The molecule has 1 amide bonds. The van der Waals surface area contributed by atoms with Crippen molar-refractivity contribution in [2.45, 2.75) is 75.5 Å². The zero-order valence-corrected chi connectivity index (χ0v) is 21.7. The first-order chi connectivity index (χ1) is 17.8. The van der Waals surface area contributed by atoms with E-state index in [1.807, 2.05) is 18.7 Å². The third-order valence-electron chi connectivity index (χ3n) is 8.08. The number of fused-ring (bicyclic) bond motifs is 1. The molecule has 3 heterocycles. The molecule has 1 aromatic carbocycles. The van der Waals surface area contributed by atoms with Crippen molar-refractivity contribution < 1.29 is 26.7 Å². The van der Waals surface area contributed by atoms with E-state index in [-0.39, 0.29) is 35.5 Å². The van der Waals surface area contributed by atoms with Gasteiger partial charge in [0.2, 0.25) is 5.91 Å². The van der Waals surface area contributed by atoms with E-state index < -0.39 is 23.6 Å². The molecule has 2 fully saturated rings. The van der Waals surface area contributed by atoms with E-state index in [1.54, 1.807) is 11.8 Å². The van der Waals surface area contributed by atoms with Gasteiger partial charge in [0.25, 0.3) is 5.92 Å². The summed E-state index contributed by atoms with van der Waals surface area (Å²) in [6.07, 6.45) is -2.01. The summed E-state index contributed by atoms with van der Waals surface area (Å²) in [4.78, 5) is 25.7. The maximum absolute atomic E-state index is 14.4. The van der Waals surface area contributed by atoms with Crippen LogP contribution in [0.2, 0.25) is 0 Å². The summed E-state index contributed by atoms with van der Waals surface area (Å²) in [5.41, 5.74) is -0.133. The molecule has 1 aromatic heterocycles. The number of alkyl halides is 5. The van der Waals surface area contributed by atoms with E-state index in [4.69, 9.17) is 0 Å². The van der Waals surface area contributed by atoms with Crippen molar-refractivity contribution in [3.8, 4) is 0 Å². The van der Waals surface area contributed by atoms with Crippen LogP contribution >= 0.6 is 0 Å². The Labute approximate surface area is 218 Å². The normalized spacial score (nSPS) is 25.4. The fraction of sp³-hybridized carbons (Fsp3) is 0.593. The molecular formula is C27H32F5N5O. The SMILES string of the molecule is C[C@@H]1CC(F)(F)c2ncnc(N3CCN(C(=O)[C@H](c4ccc(C(F)(F)F)cc4)[C@@H]4CCC(C)(C)N4)CC3)c21. The third-order valence-corrected chi connectivity index (χ3v) is 8.08. The van der Waals surface area contributed by atoms with Crippen LogP contribution in [0.4, 0.5) is 27.8 Å². The van der Waals surface area contributed by atoms with Gasteiger partial charge in [-0.15, -0.1) is 0 Å². The summed E-state index contributed by atoms with van der Waals surface area (Å²) in [5.74, 6) is -3.65. The van der Waals surface area contributed by atoms with Crippen LogP contribution in [-0.4, -0.2) is 58.5 Å². The van der Waals surface area contributed by atoms with E-state index in [9.17, 15) is 26.7 Å². The Morgan fingerprint density at radius 1 is 1.08 bits per heavy atom. The van der Waals surface area contributed by atoms with Crippen LogP contribution < -0.4 is 10.2 Å². The summed E-state index contributed by atoms with van der Waals surface area (Å²) >= 11 is 0. The van der Waals surface area contributed by atoms with Crippen LogP contribution in [0.3, 0.4) is 0 Å². The van der Waals surface area contributed by atoms with Crippen LogP contribution in [0.5, 0.6) is 0 Å². The van der Waals surface area contributed by atoms with Crippen molar-refractivity contribution in [2.24, 2.45) is 0 Å². The molecule has 3 aliphatic rings. The van der Waals surface area contributed by atoms with Gasteiger partial charge < -0.3 is 15.1 Å². The summed E-state index contributed by atoms with van der Waals surface area (Å²) in [7, 11) is 0. The van der Waals surface area contributed by atoms with Gasteiger partial charge in [0, 0.05) is 49.7 Å². The average molecular weight is 538 g/mol. The molecule has 11 heteroatoms. The second kappa shape index (κ2) is 9.43. The summed E-state index contributed by atoms with van der Waals surface area (Å²) in [6, 6.07) is 4.65. The fourth-order valence-electron chi connectivity index (χ4n) is 6.14. The quantitative estimate of drug-likeness (QED) is 0.553. The van der Waals surface area contributed by atoms with Gasteiger partial charge in [-0.3, -0.25) is 4.79 Å². The van der Waals surface area contributed by atoms with Gasteiger partial charge in [-0.1, -0.05) is 19.1 Å². The molecule has 3 atom stereocenters. The number of rotatable bonds is 4. The molecule has 6 nitrogen and oxygen atoms in total. The number of aromatic nitrogens is 2. The Bertz CT molecular complexity index is 1190. The zero-order valence-electron chi connectivity index (χ0n) is 21.7. The lowest BCUT2D eigenvalue weighted by Crippen LogP contribution is -2.53. The van der Waals surface area contributed by atoms with E-state index in [1.165, 1.54) is 18.5 Å². The Hall–Kier alpha value is -2.82. The molecule has 0 spiro atoms. The zero-order chi connectivity index (χ0) is 27.5. The Morgan fingerprint density at radius 2 is 1.74 bits per heavy atom.